The number of benzene rings is 1. The van der Waals surface area contributed by atoms with Gasteiger partial charge < -0.3 is 9.73 Å². The monoisotopic (exact) mass is 298 g/mol. The van der Waals surface area contributed by atoms with Crippen LogP contribution in [-0.4, -0.2) is 11.5 Å². The predicted molar refractivity (Wildman–Crippen MR) is 86.4 cm³/mol. The molecule has 1 atom stereocenters. The quantitative estimate of drug-likeness (QED) is 0.737. The van der Waals surface area contributed by atoms with Gasteiger partial charge in [0.15, 0.2) is 10.8 Å². The summed E-state index contributed by atoms with van der Waals surface area (Å²) < 4.78 is 5.40. The van der Waals surface area contributed by atoms with E-state index in [0.717, 1.165) is 29.4 Å². The number of thiazole rings is 1. The van der Waals surface area contributed by atoms with Gasteiger partial charge in [0.2, 0.25) is 0 Å². The van der Waals surface area contributed by atoms with Crippen molar-refractivity contribution in [2.75, 3.05) is 6.54 Å². The highest BCUT2D eigenvalue weighted by atomic mass is 32.1. The van der Waals surface area contributed by atoms with Gasteiger partial charge in [-0.3, -0.25) is 0 Å². The summed E-state index contributed by atoms with van der Waals surface area (Å²) >= 11 is 1.63. The van der Waals surface area contributed by atoms with Crippen molar-refractivity contribution in [1.29, 1.82) is 0 Å². The standard InChI is InChI=1S/C17H18N2OS/c1-2-18-15(13-7-4-3-5-8-13)11-14-12-21-17(19-14)16-9-6-10-20-16/h3-10,12,15,18H,2,11H2,1H3. The molecule has 0 aliphatic rings. The molecule has 4 heteroatoms. The molecule has 0 radical (unpaired) electrons. The average Bonchev–Trinajstić information content (AvgIpc) is 3.19. The fourth-order valence-corrected chi connectivity index (χ4v) is 3.16. The zero-order chi connectivity index (χ0) is 14.5. The largest absolute Gasteiger partial charge is 0.462 e. The number of furan rings is 1. The fourth-order valence-electron chi connectivity index (χ4n) is 2.36. The van der Waals surface area contributed by atoms with Crippen LogP contribution >= 0.6 is 11.3 Å². The molecule has 3 rings (SSSR count). The third kappa shape index (κ3) is 3.40. The summed E-state index contributed by atoms with van der Waals surface area (Å²) in [4.78, 5) is 4.69. The highest BCUT2D eigenvalue weighted by Gasteiger charge is 2.14. The van der Waals surface area contributed by atoms with Crippen molar-refractivity contribution in [2.24, 2.45) is 0 Å². The van der Waals surface area contributed by atoms with Gasteiger partial charge in [0.05, 0.1) is 12.0 Å². The molecule has 2 heterocycles. The molecule has 1 N–H and O–H groups in total. The van der Waals surface area contributed by atoms with E-state index in [-0.39, 0.29) is 0 Å². The predicted octanol–water partition coefficient (Wildman–Crippen LogP) is 4.30. The Labute approximate surface area is 128 Å². The molecule has 0 saturated carbocycles. The molecule has 1 aromatic carbocycles. The Kier molecular flexibility index (Phi) is 4.48. The van der Waals surface area contributed by atoms with E-state index in [1.807, 2.05) is 18.2 Å². The Morgan fingerprint density at radius 1 is 1.19 bits per heavy atom. The highest BCUT2D eigenvalue weighted by Crippen LogP contribution is 2.26. The maximum absolute atomic E-state index is 5.40. The Balaban J connectivity index is 1.77. The summed E-state index contributed by atoms with van der Waals surface area (Å²) in [6, 6.07) is 14.7. The summed E-state index contributed by atoms with van der Waals surface area (Å²) in [7, 11) is 0. The number of aromatic nitrogens is 1. The fraction of sp³-hybridized carbons (Fsp3) is 0.235. The molecule has 0 bridgehead atoms. The minimum atomic E-state index is 0.294. The lowest BCUT2D eigenvalue weighted by Crippen LogP contribution is -2.23. The normalized spacial score (nSPS) is 12.4. The maximum Gasteiger partial charge on any atom is 0.162 e. The van der Waals surface area contributed by atoms with Crippen LogP contribution in [0, 0.1) is 0 Å². The topological polar surface area (TPSA) is 38.1 Å². The number of nitrogens with one attached hydrogen (secondary N) is 1. The van der Waals surface area contributed by atoms with Gasteiger partial charge in [-0.2, -0.15) is 0 Å². The second-order valence-electron chi connectivity index (χ2n) is 4.85. The average molecular weight is 298 g/mol. The zero-order valence-electron chi connectivity index (χ0n) is 12.0. The van der Waals surface area contributed by atoms with Gasteiger partial charge in [-0.25, -0.2) is 4.98 Å². The second-order valence-corrected chi connectivity index (χ2v) is 5.70. The Hall–Kier alpha value is -1.91. The first-order valence-electron chi connectivity index (χ1n) is 7.13. The first-order chi connectivity index (χ1) is 10.4. The smallest absolute Gasteiger partial charge is 0.162 e. The van der Waals surface area contributed by atoms with E-state index in [1.54, 1.807) is 17.6 Å². The highest BCUT2D eigenvalue weighted by molar-refractivity contribution is 7.13. The molecule has 0 fully saturated rings. The van der Waals surface area contributed by atoms with Gasteiger partial charge in [0.1, 0.15) is 0 Å². The number of hydrogen-bond donors (Lipinski definition) is 1. The molecular formula is C17H18N2OS. The third-order valence-electron chi connectivity index (χ3n) is 3.35. The van der Waals surface area contributed by atoms with Crippen LogP contribution in [0.25, 0.3) is 10.8 Å². The molecular weight excluding hydrogens is 280 g/mol. The summed E-state index contributed by atoms with van der Waals surface area (Å²) in [6.45, 7) is 3.07. The summed E-state index contributed by atoms with van der Waals surface area (Å²) in [5.41, 5.74) is 2.40. The van der Waals surface area contributed by atoms with Crippen LogP contribution in [0.4, 0.5) is 0 Å². The van der Waals surface area contributed by atoms with Crippen LogP contribution in [0.3, 0.4) is 0 Å². The molecule has 2 aromatic heterocycles. The van der Waals surface area contributed by atoms with Crippen LogP contribution in [0.5, 0.6) is 0 Å². The molecule has 0 aliphatic carbocycles. The van der Waals surface area contributed by atoms with Gasteiger partial charge in [-0.05, 0) is 24.2 Å². The molecule has 0 spiro atoms. The minimum Gasteiger partial charge on any atom is -0.462 e. The van der Waals surface area contributed by atoms with E-state index in [1.165, 1.54) is 5.56 Å². The number of rotatable bonds is 6. The Morgan fingerprint density at radius 2 is 2.05 bits per heavy atom. The van der Waals surface area contributed by atoms with E-state index in [0.29, 0.717) is 6.04 Å². The molecule has 108 valence electrons. The molecule has 1 unspecified atom stereocenters. The number of likely N-dealkylation sites (N-methyl/N-ethyl adjacent to an activating group) is 1. The molecule has 0 amide bonds. The third-order valence-corrected chi connectivity index (χ3v) is 4.26. The van der Waals surface area contributed by atoms with Crippen molar-refractivity contribution in [3.05, 3.63) is 65.4 Å². The molecule has 21 heavy (non-hydrogen) atoms. The van der Waals surface area contributed by atoms with Crippen LogP contribution in [0.15, 0.2) is 58.5 Å². The first-order valence-corrected chi connectivity index (χ1v) is 8.01. The summed E-state index contributed by atoms with van der Waals surface area (Å²) in [5, 5.41) is 6.59. The van der Waals surface area contributed by atoms with Gasteiger partial charge in [0.25, 0.3) is 0 Å². The van der Waals surface area contributed by atoms with Crippen LogP contribution in [0.1, 0.15) is 24.2 Å². The van der Waals surface area contributed by atoms with Gasteiger partial charge in [0, 0.05) is 17.8 Å². The summed E-state index contributed by atoms with van der Waals surface area (Å²) in [6.07, 6.45) is 2.57. The lowest BCUT2D eigenvalue weighted by atomic mass is 10.0. The lowest BCUT2D eigenvalue weighted by molar-refractivity contribution is 0.544. The molecule has 0 saturated heterocycles. The van der Waals surface area contributed by atoms with E-state index < -0.39 is 0 Å². The Bertz CT molecular complexity index is 661. The van der Waals surface area contributed by atoms with Gasteiger partial charge in [-0.1, -0.05) is 37.3 Å². The van der Waals surface area contributed by atoms with Crippen molar-refractivity contribution >= 4 is 11.3 Å². The molecule has 0 aliphatic heterocycles. The molecule has 3 nitrogen and oxygen atoms in total. The van der Waals surface area contributed by atoms with E-state index in [4.69, 9.17) is 4.42 Å². The first kappa shape index (κ1) is 14.0. The second kappa shape index (κ2) is 6.70. The number of nitrogens with zero attached hydrogens (tertiary/aromatic N) is 1. The molecule has 3 aromatic rings. The van der Waals surface area contributed by atoms with Crippen molar-refractivity contribution in [2.45, 2.75) is 19.4 Å². The Morgan fingerprint density at radius 3 is 2.76 bits per heavy atom. The van der Waals surface area contributed by atoms with Crippen LogP contribution in [0.2, 0.25) is 0 Å². The number of hydrogen-bond acceptors (Lipinski definition) is 4. The van der Waals surface area contributed by atoms with Crippen molar-refractivity contribution in [1.82, 2.24) is 10.3 Å². The van der Waals surface area contributed by atoms with Crippen molar-refractivity contribution < 1.29 is 4.42 Å². The van der Waals surface area contributed by atoms with E-state index in [2.05, 4.69) is 46.9 Å². The van der Waals surface area contributed by atoms with Crippen molar-refractivity contribution in [3.8, 4) is 10.8 Å². The van der Waals surface area contributed by atoms with Gasteiger partial charge in [-0.15, -0.1) is 11.3 Å². The summed E-state index contributed by atoms with van der Waals surface area (Å²) in [5.74, 6) is 0.839. The lowest BCUT2D eigenvalue weighted by Gasteiger charge is -2.17. The maximum atomic E-state index is 5.40. The van der Waals surface area contributed by atoms with E-state index >= 15 is 0 Å². The van der Waals surface area contributed by atoms with Gasteiger partial charge >= 0.3 is 0 Å². The van der Waals surface area contributed by atoms with E-state index in [9.17, 15) is 0 Å². The van der Waals surface area contributed by atoms with Crippen LogP contribution in [-0.2, 0) is 6.42 Å². The SMILES string of the molecule is CCNC(Cc1csc(-c2ccco2)n1)c1ccccc1. The van der Waals surface area contributed by atoms with Crippen molar-refractivity contribution in [3.63, 3.8) is 0 Å². The minimum absolute atomic E-state index is 0.294. The van der Waals surface area contributed by atoms with Crippen LogP contribution < -0.4 is 5.32 Å². The zero-order valence-corrected chi connectivity index (χ0v) is 12.8.